The normalized spacial score (nSPS) is 13.7. The highest BCUT2D eigenvalue weighted by Gasteiger charge is 2.32. The minimum absolute atomic E-state index is 0.0964. The monoisotopic (exact) mass is 355 g/mol. The number of rotatable bonds is 2. The quantitative estimate of drug-likeness (QED) is 0.639. The van der Waals surface area contributed by atoms with E-state index in [-0.39, 0.29) is 24.5 Å². The van der Waals surface area contributed by atoms with Crippen molar-refractivity contribution in [1.82, 2.24) is 0 Å². The van der Waals surface area contributed by atoms with Gasteiger partial charge in [-0.15, -0.1) is 0 Å². The number of halogens is 4. The van der Waals surface area contributed by atoms with E-state index in [0.29, 0.717) is 11.1 Å². The molecule has 9 heteroatoms. The van der Waals surface area contributed by atoms with Crippen LogP contribution >= 0.6 is 0 Å². The van der Waals surface area contributed by atoms with E-state index in [2.05, 4.69) is 4.74 Å². The van der Waals surface area contributed by atoms with Gasteiger partial charge in [-0.1, -0.05) is 6.07 Å². The van der Waals surface area contributed by atoms with Gasteiger partial charge in [0, 0.05) is 13.1 Å². The highest BCUT2D eigenvalue weighted by Crippen LogP contribution is 2.38. The number of alkyl halides is 3. The number of nitrogen functional groups attached to an aromatic ring is 1. The fourth-order valence-corrected chi connectivity index (χ4v) is 2.75. The molecule has 0 aliphatic carbocycles. The summed E-state index contributed by atoms with van der Waals surface area (Å²) in [6, 6.07) is 6.05. The largest absolute Gasteiger partial charge is 0.416 e. The van der Waals surface area contributed by atoms with Crippen LogP contribution in [0.1, 0.15) is 16.7 Å². The number of benzene rings is 2. The van der Waals surface area contributed by atoms with Gasteiger partial charge < -0.3 is 21.1 Å². The maximum atomic E-state index is 14.5. The number of fused-ring (bicyclic) bond motifs is 1. The molecule has 5 nitrogen and oxygen atoms in total. The lowest BCUT2D eigenvalue weighted by Crippen LogP contribution is -2.19. The molecule has 0 saturated carbocycles. The smallest absolute Gasteiger partial charge is 0.408 e. The van der Waals surface area contributed by atoms with Gasteiger partial charge in [0.25, 0.3) is 0 Å². The lowest BCUT2D eigenvalue weighted by molar-refractivity contribution is -0.137. The maximum absolute atomic E-state index is 14.5. The summed E-state index contributed by atoms with van der Waals surface area (Å²) in [5, 5.41) is 0. The molecular weight excluding hydrogens is 342 g/mol. The highest BCUT2D eigenvalue weighted by molar-refractivity contribution is 5.73. The van der Waals surface area contributed by atoms with Gasteiger partial charge in [0.05, 0.1) is 11.3 Å². The van der Waals surface area contributed by atoms with Gasteiger partial charge in [-0.2, -0.15) is 13.2 Å². The summed E-state index contributed by atoms with van der Waals surface area (Å²) >= 11 is 0. The Hall–Kier alpha value is -2.97. The molecule has 4 N–H and O–H groups in total. The second-order valence-corrected chi connectivity index (χ2v) is 5.57. The van der Waals surface area contributed by atoms with Crippen molar-refractivity contribution in [3.05, 3.63) is 52.8 Å². The molecule has 1 heterocycles. The first-order valence-corrected chi connectivity index (χ1v) is 7.16. The van der Waals surface area contributed by atoms with Crippen molar-refractivity contribution in [3.8, 4) is 5.75 Å². The fourth-order valence-electron chi connectivity index (χ4n) is 2.75. The third kappa shape index (κ3) is 3.17. The first-order valence-electron chi connectivity index (χ1n) is 7.16. The zero-order valence-corrected chi connectivity index (χ0v) is 12.7. The average Bonchev–Trinajstić information content (AvgIpc) is 2.93. The lowest BCUT2D eigenvalue weighted by atomic mass is 10.1. The SMILES string of the molecule is NC(=O)Oc1ccc(N2Cc3ccc(C(F)(F)F)cc3C2)c(F)c1N. The van der Waals surface area contributed by atoms with Gasteiger partial charge in [0.1, 0.15) is 5.69 Å². The Bertz CT molecular complexity index is 852. The van der Waals surface area contributed by atoms with Crippen LogP contribution in [0.15, 0.2) is 30.3 Å². The Morgan fingerprint density at radius 2 is 1.80 bits per heavy atom. The van der Waals surface area contributed by atoms with E-state index in [9.17, 15) is 22.4 Å². The lowest BCUT2D eigenvalue weighted by Gasteiger charge is -2.20. The molecule has 1 aliphatic rings. The summed E-state index contributed by atoms with van der Waals surface area (Å²) in [6.45, 7) is 0.339. The molecule has 0 bridgehead atoms. The molecule has 0 radical (unpaired) electrons. The molecule has 0 fully saturated rings. The van der Waals surface area contributed by atoms with Gasteiger partial charge in [-0.05, 0) is 35.4 Å². The maximum Gasteiger partial charge on any atom is 0.416 e. The Kier molecular flexibility index (Phi) is 3.94. The van der Waals surface area contributed by atoms with E-state index in [1.54, 1.807) is 4.90 Å². The number of amides is 1. The zero-order chi connectivity index (χ0) is 18.4. The van der Waals surface area contributed by atoms with Crippen LogP contribution in [0.2, 0.25) is 0 Å². The van der Waals surface area contributed by atoms with Gasteiger partial charge >= 0.3 is 12.3 Å². The summed E-state index contributed by atoms with van der Waals surface area (Å²) in [5.74, 6) is -1.05. The summed E-state index contributed by atoms with van der Waals surface area (Å²) in [7, 11) is 0. The minimum Gasteiger partial charge on any atom is -0.408 e. The second-order valence-electron chi connectivity index (χ2n) is 5.57. The number of hydrogen-bond acceptors (Lipinski definition) is 4. The summed E-state index contributed by atoms with van der Waals surface area (Å²) in [6.07, 6.45) is -5.57. The van der Waals surface area contributed by atoms with E-state index in [1.807, 2.05) is 0 Å². The highest BCUT2D eigenvalue weighted by atomic mass is 19.4. The van der Waals surface area contributed by atoms with E-state index >= 15 is 0 Å². The van der Waals surface area contributed by atoms with E-state index in [4.69, 9.17) is 11.5 Å². The van der Waals surface area contributed by atoms with Crippen molar-refractivity contribution in [2.75, 3.05) is 10.6 Å². The van der Waals surface area contributed by atoms with Crippen LogP contribution in [0.5, 0.6) is 5.75 Å². The molecule has 0 spiro atoms. The van der Waals surface area contributed by atoms with Crippen molar-refractivity contribution in [2.24, 2.45) is 5.73 Å². The zero-order valence-electron chi connectivity index (χ0n) is 12.7. The predicted octanol–water partition coefficient (Wildman–Crippen LogP) is 3.40. The average molecular weight is 355 g/mol. The summed E-state index contributed by atoms with van der Waals surface area (Å²) in [5.41, 5.74) is 10.5. The Balaban J connectivity index is 1.89. The van der Waals surface area contributed by atoms with Crippen LogP contribution in [0.3, 0.4) is 0 Å². The second kappa shape index (κ2) is 5.83. The number of nitrogens with two attached hydrogens (primary N) is 2. The first kappa shape index (κ1) is 16.9. The predicted molar refractivity (Wildman–Crippen MR) is 82.4 cm³/mol. The molecule has 0 unspecified atom stereocenters. The van der Waals surface area contributed by atoms with Crippen LogP contribution in [0.25, 0.3) is 0 Å². The molecule has 0 atom stereocenters. The third-order valence-electron chi connectivity index (χ3n) is 3.93. The number of primary amides is 1. The van der Waals surface area contributed by atoms with Crippen molar-refractivity contribution in [3.63, 3.8) is 0 Å². The van der Waals surface area contributed by atoms with Crippen LogP contribution < -0.4 is 21.1 Å². The Labute approximate surface area is 139 Å². The molecule has 2 aromatic carbocycles. The minimum atomic E-state index is -4.44. The van der Waals surface area contributed by atoms with E-state index < -0.39 is 29.3 Å². The van der Waals surface area contributed by atoms with E-state index in [0.717, 1.165) is 12.1 Å². The van der Waals surface area contributed by atoms with Crippen molar-refractivity contribution >= 4 is 17.5 Å². The number of carbonyl (C=O) groups is 1. The molecule has 2 aromatic rings. The summed E-state index contributed by atoms with van der Waals surface area (Å²) in [4.78, 5) is 12.3. The van der Waals surface area contributed by atoms with Crippen molar-refractivity contribution in [2.45, 2.75) is 19.3 Å². The number of carbonyl (C=O) groups excluding carboxylic acids is 1. The molecule has 25 heavy (non-hydrogen) atoms. The van der Waals surface area contributed by atoms with Gasteiger partial charge in [0.2, 0.25) is 0 Å². The molecular formula is C16H13F4N3O2. The number of anilines is 2. The summed E-state index contributed by atoms with van der Waals surface area (Å²) < 4.78 is 57.5. The van der Waals surface area contributed by atoms with Crippen molar-refractivity contribution < 1.29 is 27.1 Å². The van der Waals surface area contributed by atoms with Gasteiger partial charge in [-0.3, -0.25) is 0 Å². The molecule has 3 rings (SSSR count). The van der Waals surface area contributed by atoms with Crippen LogP contribution in [-0.4, -0.2) is 6.09 Å². The molecule has 132 valence electrons. The Morgan fingerprint density at radius 3 is 2.44 bits per heavy atom. The topological polar surface area (TPSA) is 81.6 Å². The molecule has 0 saturated heterocycles. The van der Waals surface area contributed by atoms with Gasteiger partial charge in [0.15, 0.2) is 11.6 Å². The third-order valence-corrected chi connectivity index (χ3v) is 3.93. The fraction of sp³-hybridized carbons (Fsp3) is 0.188. The van der Waals surface area contributed by atoms with E-state index in [1.165, 1.54) is 18.2 Å². The van der Waals surface area contributed by atoms with Crippen LogP contribution in [-0.2, 0) is 19.3 Å². The molecule has 1 amide bonds. The standard InChI is InChI=1S/C16H13F4N3O2/c17-13-11(3-4-12(14(13)21)25-15(22)24)23-6-8-1-2-10(16(18,19)20)5-9(8)7-23/h1-5H,6-7,21H2,(H2,22,24). The number of ether oxygens (including phenoxy) is 1. The van der Waals surface area contributed by atoms with Crippen molar-refractivity contribution in [1.29, 1.82) is 0 Å². The number of nitrogens with zero attached hydrogens (tertiary/aromatic N) is 1. The van der Waals surface area contributed by atoms with Crippen LogP contribution in [0.4, 0.5) is 33.7 Å². The molecule has 0 aromatic heterocycles. The Morgan fingerprint density at radius 1 is 1.12 bits per heavy atom. The first-order chi connectivity index (χ1) is 11.7. The molecule has 1 aliphatic heterocycles. The van der Waals surface area contributed by atoms with Crippen LogP contribution in [0, 0.1) is 5.82 Å². The number of hydrogen-bond donors (Lipinski definition) is 2. The van der Waals surface area contributed by atoms with Gasteiger partial charge in [-0.25, -0.2) is 9.18 Å².